The molecule has 0 spiro atoms. The molecule has 1 rings (SSSR count). The summed E-state index contributed by atoms with van der Waals surface area (Å²) < 4.78 is 0. The molecule has 0 aliphatic rings. The monoisotopic (exact) mass is 247 g/mol. The first kappa shape index (κ1) is 15.2. The molecule has 0 aromatic heterocycles. The second kappa shape index (κ2) is 6.94. The first-order valence-electron chi connectivity index (χ1n) is 7.22. The van der Waals surface area contributed by atoms with Crippen LogP contribution in [-0.4, -0.2) is 12.6 Å². The van der Waals surface area contributed by atoms with E-state index in [1.165, 1.54) is 30.4 Å². The van der Waals surface area contributed by atoms with Crippen molar-refractivity contribution in [2.24, 2.45) is 5.41 Å². The van der Waals surface area contributed by atoms with Crippen molar-refractivity contribution in [1.82, 2.24) is 5.32 Å². The predicted octanol–water partition coefficient (Wildman–Crippen LogP) is 4.34. The lowest BCUT2D eigenvalue weighted by Gasteiger charge is -2.32. The normalized spacial score (nSPS) is 13.6. The van der Waals surface area contributed by atoms with Crippen LogP contribution in [0.4, 0.5) is 0 Å². The maximum Gasteiger partial charge on any atom is 0.0119 e. The van der Waals surface area contributed by atoms with Crippen molar-refractivity contribution >= 4 is 0 Å². The average molecular weight is 247 g/mol. The number of hydrogen-bond donors (Lipinski definition) is 1. The molecular formula is C17H29N. The van der Waals surface area contributed by atoms with Crippen LogP contribution < -0.4 is 5.32 Å². The van der Waals surface area contributed by atoms with Crippen molar-refractivity contribution in [2.45, 2.75) is 59.9 Å². The van der Waals surface area contributed by atoms with Crippen molar-refractivity contribution in [3.8, 4) is 0 Å². The summed E-state index contributed by atoms with van der Waals surface area (Å²) in [5, 5.41) is 3.69. The number of rotatable bonds is 6. The molecule has 0 radical (unpaired) electrons. The molecule has 0 saturated carbocycles. The summed E-state index contributed by atoms with van der Waals surface area (Å²) in [5.74, 6) is 0. The number of hydrogen-bond acceptors (Lipinski definition) is 1. The Hall–Kier alpha value is -0.820. The molecule has 0 heterocycles. The Kier molecular flexibility index (Phi) is 5.87. The van der Waals surface area contributed by atoms with Crippen molar-refractivity contribution < 1.29 is 0 Å². The zero-order chi connectivity index (χ0) is 13.6. The minimum absolute atomic E-state index is 0.332. The van der Waals surface area contributed by atoms with Crippen molar-refractivity contribution in [3.63, 3.8) is 0 Å². The zero-order valence-electron chi connectivity index (χ0n) is 12.7. The van der Waals surface area contributed by atoms with E-state index < -0.39 is 0 Å². The van der Waals surface area contributed by atoms with Crippen LogP contribution in [0.2, 0.25) is 0 Å². The van der Waals surface area contributed by atoms with Gasteiger partial charge in [0.05, 0.1) is 0 Å². The van der Waals surface area contributed by atoms with Gasteiger partial charge in [-0.1, -0.05) is 57.5 Å². The van der Waals surface area contributed by atoms with Crippen molar-refractivity contribution in [2.75, 3.05) is 6.54 Å². The fourth-order valence-electron chi connectivity index (χ4n) is 2.34. The smallest absolute Gasteiger partial charge is 0.0119 e. The van der Waals surface area contributed by atoms with E-state index in [9.17, 15) is 0 Å². The predicted molar refractivity (Wildman–Crippen MR) is 81.0 cm³/mol. The summed E-state index contributed by atoms with van der Waals surface area (Å²) in [5.41, 5.74) is 3.16. The lowest BCUT2D eigenvalue weighted by molar-refractivity contribution is 0.255. The summed E-state index contributed by atoms with van der Waals surface area (Å²) in [6, 6.07) is 9.47. The highest BCUT2D eigenvalue weighted by atomic mass is 14.9. The topological polar surface area (TPSA) is 12.0 Å². The third-order valence-corrected chi connectivity index (χ3v) is 3.49. The Balaban J connectivity index is 2.56. The van der Waals surface area contributed by atoms with E-state index in [1.807, 2.05) is 0 Å². The van der Waals surface area contributed by atoms with E-state index in [-0.39, 0.29) is 0 Å². The molecule has 1 aromatic carbocycles. The minimum Gasteiger partial charge on any atom is -0.313 e. The molecule has 18 heavy (non-hydrogen) atoms. The lowest BCUT2D eigenvalue weighted by Crippen LogP contribution is -2.41. The summed E-state index contributed by atoms with van der Waals surface area (Å²) in [4.78, 5) is 0. The lowest BCUT2D eigenvalue weighted by atomic mass is 9.83. The highest BCUT2D eigenvalue weighted by Gasteiger charge is 2.23. The third kappa shape index (κ3) is 5.22. The van der Waals surface area contributed by atoms with E-state index in [2.05, 4.69) is 64.2 Å². The molecule has 102 valence electrons. The number of aryl methyl sites for hydroxylation is 2. The van der Waals surface area contributed by atoms with E-state index in [1.54, 1.807) is 0 Å². The van der Waals surface area contributed by atoms with Crippen LogP contribution in [0, 0.1) is 12.3 Å². The third-order valence-electron chi connectivity index (χ3n) is 3.49. The molecular weight excluding hydrogens is 218 g/mol. The highest BCUT2D eigenvalue weighted by Crippen LogP contribution is 2.23. The Morgan fingerprint density at radius 1 is 1.22 bits per heavy atom. The molecule has 1 aromatic rings. The molecule has 1 nitrogen and oxygen atoms in total. The van der Waals surface area contributed by atoms with E-state index in [4.69, 9.17) is 0 Å². The molecule has 1 unspecified atom stereocenters. The average Bonchev–Trinajstić information content (AvgIpc) is 2.27. The van der Waals surface area contributed by atoms with Crippen LogP contribution in [0.25, 0.3) is 0 Å². The van der Waals surface area contributed by atoms with Gasteiger partial charge in [0, 0.05) is 6.04 Å². The van der Waals surface area contributed by atoms with Gasteiger partial charge in [-0.05, 0) is 43.7 Å². The van der Waals surface area contributed by atoms with Gasteiger partial charge >= 0.3 is 0 Å². The second-order valence-corrected chi connectivity index (χ2v) is 6.40. The maximum atomic E-state index is 3.69. The van der Waals surface area contributed by atoms with Crippen LogP contribution in [-0.2, 0) is 6.42 Å². The largest absolute Gasteiger partial charge is 0.313 e. The van der Waals surface area contributed by atoms with Gasteiger partial charge in [-0.3, -0.25) is 0 Å². The molecule has 0 aliphatic carbocycles. The van der Waals surface area contributed by atoms with Gasteiger partial charge in [-0.2, -0.15) is 0 Å². The number of benzene rings is 1. The maximum absolute atomic E-state index is 3.69. The Morgan fingerprint density at radius 3 is 2.50 bits per heavy atom. The fraction of sp³-hybridized carbons (Fsp3) is 0.647. The van der Waals surface area contributed by atoms with Crippen LogP contribution in [0.15, 0.2) is 24.3 Å². The molecule has 0 amide bonds. The van der Waals surface area contributed by atoms with Gasteiger partial charge in [0.15, 0.2) is 0 Å². The molecule has 0 aliphatic heterocycles. The summed E-state index contributed by atoms with van der Waals surface area (Å²) in [6.07, 6.45) is 3.59. The second-order valence-electron chi connectivity index (χ2n) is 6.40. The van der Waals surface area contributed by atoms with Gasteiger partial charge in [-0.15, -0.1) is 0 Å². The Morgan fingerprint density at radius 2 is 1.94 bits per heavy atom. The summed E-state index contributed by atoms with van der Waals surface area (Å²) >= 11 is 0. The van der Waals surface area contributed by atoms with Crippen LogP contribution in [0.3, 0.4) is 0 Å². The summed E-state index contributed by atoms with van der Waals surface area (Å²) in [7, 11) is 0. The highest BCUT2D eigenvalue weighted by molar-refractivity contribution is 5.22. The van der Waals surface area contributed by atoms with E-state index >= 15 is 0 Å². The quantitative estimate of drug-likeness (QED) is 0.788. The van der Waals surface area contributed by atoms with E-state index in [0.29, 0.717) is 11.5 Å². The first-order chi connectivity index (χ1) is 8.43. The van der Waals surface area contributed by atoms with Gasteiger partial charge in [0.1, 0.15) is 0 Å². The standard InChI is InChI=1S/C17H29N/c1-6-12-18-16(17(3,4)5)11-10-15-9-7-8-14(2)13-15/h7-9,13,16,18H,6,10-12H2,1-5H3. The molecule has 0 saturated heterocycles. The first-order valence-corrected chi connectivity index (χ1v) is 7.22. The number of nitrogens with one attached hydrogen (secondary N) is 1. The molecule has 1 heteroatoms. The van der Waals surface area contributed by atoms with Gasteiger partial charge in [0.2, 0.25) is 0 Å². The minimum atomic E-state index is 0.332. The van der Waals surface area contributed by atoms with Crippen LogP contribution in [0.5, 0.6) is 0 Å². The van der Waals surface area contributed by atoms with Crippen molar-refractivity contribution in [3.05, 3.63) is 35.4 Å². The molecule has 1 N–H and O–H groups in total. The molecule has 1 atom stereocenters. The summed E-state index contributed by atoms with van der Waals surface area (Å²) in [6.45, 7) is 12.5. The SMILES string of the molecule is CCCNC(CCc1cccc(C)c1)C(C)(C)C. The molecule has 0 bridgehead atoms. The van der Waals surface area contributed by atoms with Gasteiger partial charge in [-0.25, -0.2) is 0 Å². The zero-order valence-corrected chi connectivity index (χ0v) is 12.7. The molecule has 0 fully saturated rings. The Labute approximate surface area is 113 Å². The van der Waals surface area contributed by atoms with Gasteiger partial charge in [0.25, 0.3) is 0 Å². The van der Waals surface area contributed by atoms with Crippen molar-refractivity contribution in [1.29, 1.82) is 0 Å². The fourth-order valence-corrected chi connectivity index (χ4v) is 2.34. The Bertz CT molecular complexity index is 349. The van der Waals surface area contributed by atoms with E-state index in [0.717, 1.165) is 6.54 Å². The van der Waals surface area contributed by atoms with Crippen LogP contribution >= 0.6 is 0 Å². The van der Waals surface area contributed by atoms with Gasteiger partial charge < -0.3 is 5.32 Å². The van der Waals surface area contributed by atoms with Crippen LogP contribution in [0.1, 0.15) is 51.7 Å².